The van der Waals surface area contributed by atoms with Crippen LogP contribution in [0.4, 0.5) is 15.8 Å². The molecule has 6 rings (SSSR count). The van der Waals surface area contributed by atoms with E-state index in [0.717, 1.165) is 44.5 Å². The van der Waals surface area contributed by atoms with E-state index < -0.39 is 5.97 Å². The average molecular weight is 570 g/mol. The van der Waals surface area contributed by atoms with Crippen LogP contribution in [0.5, 0.6) is 0 Å². The number of carboxylic acid groups (broad SMARTS) is 1. The van der Waals surface area contributed by atoms with E-state index >= 15 is 0 Å². The predicted molar refractivity (Wildman–Crippen MR) is 167 cm³/mol. The number of rotatable bonds is 9. The number of para-hydroxylation sites is 1. The molecule has 0 fully saturated rings. The molecule has 6 aromatic rings. The van der Waals surface area contributed by atoms with E-state index in [2.05, 4.69) is 10.6 Å². The number of benzene rings is 5. The molecule has 0 atom stereocenters. The van der Waals surface area contributed by atoms with Gasteiger partial charge in [0.1, 0.15) is 5.82 Å². The zero-order valence-electron chi connectivity index (χ0n) is 23.1. The molecular formula is C36H28FN3O3. The van der Waals surface area contributed by atoms with Crippen LogP contribution in [0.3, 0.4) is 0 Å². The number of aromatic carboxylic acids is 1. The number of carboxylic acids is 1. The SMILES string of the molecule is O=C(O)c1ccc(CNC(=O)c2ccc(Nc3ccccc3)c3ccn(Cc4cccc(-c5cccc(F)c5)c4)c23)cc1. The van der Waals surface area contributed by atoms with Gasteiger partial charge >= 0.3 is 5.97 Å². The van der Waals surface area contributed by atoms with Gasteiger partial charge in [-0.2, -0.15) is 0 Å². The number of fused-ring (bicyclic) bond motifs is 1. The van der Waals surface area contributed by atoms with Crippen molar-refractivity contribution in [3.05, 3.63) is 156 Å². The van der Waals surface area contributed by atoms with Gasteiger partial charge in [-0.3, -0.25) is 4.79 Å². The molecule has 0 aliphatic carbocycles. The number of nitrogens with one attached hydrogen (secondary N) is 2. The lowest BCUT2D eigenvalue weighted by molar-refractivity contribution is 0.0696. The first-order valence-corrected chi connectivity index (χ1v) is 13.8. The summed E-state index contributed by atoms with van der Waals surface area (Å²) < 4.78 is 15.9. The number of amides is 1. The summed E-state index contributed by atoms with van der Waals surface area (Å²) in [5, 5.41) is 16.5. The lowest BCUT2D eigenvalue weighted by atomic mass is 10.0. The molecule has 212 valence electrons. The summed E-state index contributed by atoms with van der Waals surface area (Å²) in [6.07, 6.45) is 1.97. The summed E-state index contributed by atoms with van der Waals surface area (Å²) in [5.41, 5.74) is 6.79. The van der Waals surface area contributed by atoms with Crippen molar-refractivity contribution < 1.29 is 19.1 Å². The summed E-state index contributed by atoms with van der Waals surface area (Å²) >= 11 is 0. The smallest absolute Gasteiger partial charge is 0.335 e. The lowest BCUT2D eigenvalue weighted by Gasteiger charge is -2.15. The van der Waals surface area contributed by atoms with Gasteiger partial charge in [0, 0.05) is 36.0 Å². The number of anilines is 2. The van der Waals surface area contributed by atoms with Crippen LogP contribution in [-0.2, 0) is 13.1 Å². The molecule has 5 aromatic carbocycles. The topological polar surface area (TPSA) is 83.4 Å². The number of aromatic nitrogens is 1. The van der Waals surface area contributed by atoms with Crippen LogP contribution in [0.1, 0.15) is 31.8 Å². The lowest BCUT2D eigenvalue weighted by Crippen LogP contribution is -2.23. The van der Waals surface area contributed by atoms with E-state index in [-0.39, 0.29) is 23.8 Å². The summed E-state index contributed by atoms with van der Waals surface area (Å²) in [7, 11) is 0. The van der Waals surface area contributed by atoms with Crippen LogP contribution >= 0.6 is 0 Å². The Labute approximate surface area is 248 Å². The Morgan fingerprint density at radius 2 is 1.49 bits per heavy atom. The second-order valence-corrected chi connectivity index (χ2v) is 10.3. The van der Waals surface area contributed by atoms with Crippen LogP contribution in [0.15, 0.2) is 128 Å². The quantitative estimate of drug-likeness (QED) is 0.165. The molecule has 0 unspecified atom stereocenters. The molecule has 0 spiro atoms. The highest BCUT2D eigenvalue weighted by atomic mass is 19.1. The number of nitrogens with zero attached hydrogens (tertiary/aromatic N) is 1. The first kappa shape index (κ1) is 27.5. The van der Waals surface area contributed by atoms with Gasteiger partial charge in [0.05, 0.1) is 16.6 Å². The largest absolute Gasteiger partial charge is 0.478 e. The number of hydrogen-bond acceptors (Lipinski definition) is 3. The molecule has 0 saturated carbocycles. The fourth-order valence-electron chi connectivity index (χ4n) is 5.18. The Bertz CT molecular complexity index is 1930. The first-order valence-electron chi connectivity index (χ1n) is 13.8. The van der Waals surface area contributed by atoms with E-state index in [1.165, 1.54) is 24.3 Å². The third kappa shape index (κ3) is 6.16. The zero-order chi connectivity index (χ0) is 29.8. The van der Waals surface area contributed by atoms with Crippen LogP contribution in [0.25, 0.3) is 22.0 Å². The Morgan fingerprint density at radius 3 is 2.23 bits per heavy atom. The van der Waals surface area contributed by atoms with Crippen LogP contribution in [0, 0.1) is 5.82 Å². The molecule has 1 aromatic heterocycles. The second kappa shape index (κ2) is 12.0. The second-order valence-electron chi connectivity index (χ2n) is 10.3. The van der Waals surface area contributed by atoms with Crippen LogP contribution in [-0.4, -0.2) is 21.6 Å². The summed E-state index contributed by atoms with van der Waals surface area (Å²) in [6, 6.07) is 36.5. The highest BCUT2D eigenvalue weighted by Gasteiger charge is 2.17. The molecule has 0 saturated heterocycles. The highest BCUT2D eigenvalue weighted by Crippen LogP contribution is 2.31. The van der Waals surface area contributed by atoms with Gasteiger partial charge < -0.3 is 20.3 Å². The van der Waals surface area contributed by atoms with Gasteiger partial charge in [-0.15, -0.1) is 0 Å². The molecule has 6 nitrogen and oxygen atoms in total. The van der Waals surface area contributed by atoms with E-state index in [1.807, 2.05) is 89.6 Å². The van der Waals surface area contributed by atoms with Crippen molar-refractivity contribution in [1.82, 2.24) is 9.88 Å². The van der Waals surface area contributed by atoms with Crippen LogP contribution in [0.2, 0.25) is 0 Å². The first-order chi connectivity index (χ1) is 20.9. The number of carbonyl (C=O) groups excluding carboxylic acids is 1. The monoisotopic (exact) mass is 569 g/mol. The molecule has 43 heavy (non-hydrogen) atoms. The van der Waals surface area contributed by atoms with E-state index in [4.69, 9.17) is 5.11 Å². The molecule has 0 aliphatic heterocycles. The number of halogens is 1. The Hall–Kier alpha value is -5.69. The summed E-state index contributed by atoms with van der Waals surface area (Å²) in [6.45, 7) is 0.749. The molecule has 0 bridgehead atoms. The molecule has 3 N–H and O–H groups in total. The van der Waals surface area contributed by atoms with Crippen molar-refractivity contribution in [3.8, 4) is 11.1 Å². The summed E-state index contributed by atoms with van der Waals surface area (Å²) in [4.78, 5) is 24.8. The van der Waals surface area contributed by atoms with Crippen LogP contribution < -0.4 is 10.6 Å². The predicted octanol–water partition coefficient (Wildman–Crippen LogP) is 7.87. The molecule has 1 heterocycles. The van der Waals surface area contributed by atoms with Crippen molar-refractivity contribution in [2.24, 2.45) is 0 Å². The third-order valence-corrected chi connectivity index (χ3v) is 7.31. The van der Waals surface area contributed by atoms with Crippen molar-refractivity contribution in [3.63, 3.8) is 0 Å². The molecular weight excluding hydrogens is 541 g/mol. The zero-order valence-corrected chi connectivity index (χ0v) is 23.1. The third-order valence-electron chi connectivity index (χ3n) is 7.31. The Morgan fingerprint density at radius 1 is 0.744 bits per heavy atom. The van der Waals surface area contributed by atoms with Crippen molar-refractivity contribution in [1.29, 1.82) is 0 Å². The van der Waals surface area contributed by atoms with E-state index in [0.29, 0.717) is 12.1 Å². The van der Waals surface area contributed by atoms with Gasteiger partial charge in [0.2, 0.25) is 0 Å². The minimum absolute atomic E-state index is 0.192. The number of carbonyl (C=O) groups is 2. The molecule has 7 heteroatoms. The van der Waals surface area contributed by atoms with Crippen molar-refractivity contribution >= 4 is 34.2 Å². The fourth-order valence-corrected chi connectivity index (χ4v) is 5.18. The maximum Gasteiger partial charge on any atom is 0.335 e. The highest BCUT2D eigenvalue weighted by molar-refractivity contribution is 6.09. The van der Waals surface area contributed by atoms with Crippen molar-refractivity contribution in [2.45, 2.75) is 13.1 Å². The number of hydrogen-bond donors (Lipinski definition) is 3. The Balaban J connectivity index is 1.34. The molecule has 0 aliphatic rings. The normalized spacial score (nSPS) is 10.9. The van der Waals surface area contributed by atoms with Gasteiger partial charge in [0.25, 0.3) is 5.91 Å². The van der Waals surface area contributed by atoms with E-state index in [1.54, 1.807) is 18.2 Å². The maximum absolute atomic E-state index is 13.9. The van der Waals surface area contributed by atoms with Gasteiger partial charge in [-0.25, -0.2) is 9.18 Å². The van der Waals surface area contributed by atoms with Crippen molar-refractivity contribution in [2.75, 3.05) is 5.32 Å². The summed E-state index contributed by atoms with van der Waals surface area (Å²) in [5.74, 6) is -1.53. The minimum Gasteiger partial charge on any atom is -0.478 e. The molecule has 1 amide bonds. The van der Waals surface area contributed by atoms with Gasteiger partial charge in [-0.1, -0.05) is 60.7 Å². The maximum atomic E-state index is 13.9. The van der Waals surface area contributed by atoms with Gasteiger partial charge in [0.15, 0.2) is 0 Å². The minimum atomic E-state index is -0.996. The standard InChI is InChI=1S/C36H28FN3O3/c37-29-9-5-8-28(21-29)27-7-4-6-25(20-27)23-40-19-18-31-33(39-30-10-2-1-3-11-30)17-16-32(34(31)40)35(41)38-22-24-12-14-26(15-13-24)36(42)43/h1-21,39H,22-23H2,(H,38,41)(H,42,43). The Kier molecular flexibility index (Phi) is 7.70. The fraction of sp³-hybridized carbons (Fsp3) is 0.0556. The molecule has 0 radical (unpaired) electrons. The van der Waals surface area contributed by atoms with E-state index in [9.17, 15) is 14.0 Å². The average Bonchev–Trinajstić information content (AvgIpc) is 3.45. The van der Waals surface area contributed by atoms with Gasteiger partial charge in [-0.05, 0) is 82.9 Å².